The van der Waals surface area contributed by atoms with Crippen LogP contribution in [0.5, 0.6) is 5.75 Å². The van der Waals surface area contributed by atoms with Gasteiger partial charge in [-0.2, -0.15) is 13.2 Å². The van der Waals surface area contributed by atoms with Gasteiger partial charge in [0, 0.05) is 6.61 Å². The molecule has 1 unspecified atom stereocenters. The molecule has 0 amide bonds. The summed E-state index contributed by atoms with van der Waals surface area (Å²) in [7, 11) is 0. The predicted molar refractivity (Wildman–Crippen MR) is 59.4 cm³/mol. The zero-order chi connectivity index (χ0) is 13.4. The summed E-state index contributed by atoms with van der Waals surface area (Å²) in [4.78, 5) is 0. The standard InChI is InChI=1S/C12H15F3O3/c13-12(14,15)9-17-7-6-10(16)8-18-11-4-2-1-3-5-11/h1-5,10,16H,6-9H2. The van der Waals surface area contributed by atoms with Gasteiger partial charge in [-0.05, 0) is 18.6 Å². The molecular formula is C12H15F3O3. The Morgan fingerprint density at radius 2 is 1.83 bits per heavy atom. The van der Waals surface area contributed by atoms with Crippen LogP contribution in [0.1, 0.15) is 6.42 Å². The van der Waals surface area contributed by atoms with Crippen molar-refractivity contribution in [3.8, 4) is 5.75 Å². The van der Waals surface area contributed by atoms with Crippen LogP contribution in [-0.4, -0.2) is 37.2 Å². The lowest BCUT2D eigenvalue weighted by Gasteiger charge is -2.13. The first-order chi connectivity index (χ1) is 8.47. The fourth-order valence-corrected chi connectivity index (χ4v) is 1.20. The fraction of sp³-hybridized carbons (Fsp3) is 0.500. The fourth-order valence-electron chi connectivity index (χ4n) is 1.20. The lowest BCUT2D eigenvalue weighted by atomic mass is 10.3. The van der Waals surface area contributed by atoms with Crippen LogP contribution in [0.2, 0.25) is 0 Å². The minimum absolute atomic E-state index is 0.0272. The van der Waals surface area contributed by atoms with Crippen molar-refractivity contribution in [1.82, 2.24) is 0 Å². The molecule has 3 nitrogen and oxygen atoms in total. The van der Waals surface area contributed by atoms with Crippen LogP contribution in [0.25, 0.3) is 0 Å². The van der Waals surface area contributed by atoms with Gasteiger partial charge in [0.2, 0.25) is 0 Å². The summed E-state index contributed by atoms with van der Waals surface area (Å²) < 4.78 is 44.8. The molecule has 102 valence electrons. The lowest BCUT2D eigenvalue weighted by molar-refractivity contribution is -0.175. The molecule has 0 aliphatic heterocycles. The number of alkyl halides is 3. The monoisotopic (exact) mass is 264 g/mol. The van der Waals surface area contributed by atoms with Crippen molar-refractivity contribution in [2.24, 2.45) is 0 Å². The normalized spacial score (nSPS) is 13.3. The van der Waals surface area contributed by atoms with E-state index in [2.05, 4.69) is 4.74 Å². The summed E-state index contributed by atoms with van der Waals surface area (Å²) >= 11 is 0. The summed E-state index contributed by atoms with van der Waals surface area (Å²) in [6, 6.07) is 8.86. The maximum atomic E-state index is 11.7. The SMILES string of the molecule is OC(CCOCC(F)(F)F)COc1ccccc1. The molecule has 0 saturated carbocycles. The molecule has 0 fully saturated rings. The summed E-state index contributed by atoms with van der Waals surface area (Å²) in [6.07, 6.45) is -5.08. The number of hydrogen-bond acceptors (Lipinski definition) is 3. The first-order valence-corrected chi connectivity index (χ1v) is 5.48. The number of para-hydroxylation sites is 1. The van der Waals surface area contributed by atoms with E-state index in [-0.39, 0.29) is 19.6 Å². The van der Waals surface area contributed by atoms with E-state index < -0.39 is 18.9 Å². The van der Waals surface area contributed by atoms with E-state index in [0.29, 0.717) is 5.75 Å². The lowest BCUT2D eigenvalue weighted by Crippen LogP contribution is -2.22. The topological polar surface area (TPSA) is 38.7 Å². The Morgan fingerprint density at radius 1 is 1.17 bits per heavy atom. The number of aliphatic hydroxyl groups is 1. The highest BCUT2D eigenvalue weighted by molar-refractivity contribution is 5.20. The van der Waals surface area contributed by atoms with Gasteiger partial charge in [0.05, 0.1) is 6.10 Å². The van der Waals surface area contributed by atoms with Gasteiger partial charge in [0.25, 0.3) is 0 Å². The molecule has 1 aromatic carbocycles. The van der Waals surface area contributed by atoms with E-state index in [1.165, 1.54) is 0 Å². The van der Waals surface area contributed by atoms with Crippen LogP contribution >= 0.6 is 0 Å². The molecule has 0 aliphatic carbocycles. The molecule has 0 heterocycles. The molecule has 1 aromatic rings. The van der Waals surface area contributed by atoms with Crippen molar-refractivity contribution in [2.75, 3.05) is 19.8 Å². The Bertz CT molecular complexity index is 327. The third-order valence-electron chi connectivity index (χ3n) is 2.05. The second kappa shape index (κ2) is 7.23. The number of ether oxygens (including phenoxy) is 2. The van der Waals surface area contributed by atoms with Crippen molar-refractivity contribution in [2.45, 2.75) is 18.7 Å². The third-order valence-corrected chi connectivity index (χ3v) is 2.05. The van der Waals surface area contributed by atoms with Crippen LogP contribution in [0.3, 0.4) is 0 Å². The first kappa shape index (κ1) is 14.8. The number of hydrogen-bond donors (Lipinski definition) is 1. The largest absolute Gasteiger partial charge is 0.491 e. The first-order valence-electron chi connectivity index (χ1n) is 5.48. The van der Waals surface area contributed by atoms with Crippen molar-refractivity contribution in [1.29, 1.82) is 0 Å². The smallest absolute Gasteiger partial charge is 0.411 e. The maximum Gasteiger partial charge on any atom is 0.411 e. The quantitative estimate of drug-likeness (QED) is 0.768. The Balaban J connectivity index is 2.09. The number of rotatable bonds is 7. The van der Waals surface area contributed by atoms with E-state index in [9.17, 15) is 18.3 Å². The summed E-state index contributed by atoms with van der Waals surface area (Å²) in [5.41, 5.74) is 0. The second-order valence-corrected chi connectivity index (χ2v) is 3.73. The highest BCUT2D eigenvalue weighted by Crippen LogP contribution is 2.14. The zero-order valence-corrected chi connectivity index (χ0v) is 9.69. The summed E-state index contributed by atoms with van der Waals surface area (Å²) in [5.74, 6) is 0.604. The molecule has 6 heteroatoms. The zero-order valence-electron chi connectivity index (χ0n) is 9.69. The minimum Gasteiger partial charge on any atom is -0.491 e. The van der Waals surface area contributed by atoms with Gasteiger partial charge < -0.3 is 14.6 Å². The summed E-state index contributed by atoms with van der Waals surface area (Å²) in [6.45, 7) is -1.42. The Hall–Kier alpha value is -1.27. The predicted octanol–water partition coefficient (Wildman–Crippen LogP) is 2.40. The van der Waals surface area contributed by atoms with Gasteiger partial charge >= 0.3 is 6.18 Å². The van der Waals surface area contributed by atoms with Gasteiger partial charge in [0.1, 0.15) is 19.0 Å². The Labute approximate surface area is 103 Å². The number of aliphatic hydroxyl groups excluding tert-OH is 1. The molecule has 1 atom stereocenters. The van der Waals surface area contributed by atoms with Crippen LogP contribution in [0, 0.1) is 0 Å². The highest BCUT2D eigenvalue weighted by Gasteiger charge is 2.27. The maximum absolute atomic E-state index is 11.7. The van der Waals surface area contributed by atoms with Gasteiger partial charge in [-0.3, -0.25) is 0 Å². The van der Waals surface area contributed by atoms with Gasteiger partial charge in [-0.1, -0.05) is 18.2 Å². The average Bonchev–Trinajstić information content (AvgIpc) is 2.32. The molecule has 0 aromatic heterocycles. The molecule has 0 spiro atoms. The van der Waals surface area contributed by atoms with Gasteiger partial charge in [0.15, 0.2) is 0 Å². The molecule has 1 rings (SSSR count). The van der Waals surface area contributed by atoms with Crippen molar-refractivity contribution < 1.29 is 27.8 Å². The van der Waals surface area contributed by atoms with E-state index in [4.69, 9.17) is 4.74 Å². The van der Waals surface area contributed by atoms with E-state index in [1.807, 2.05) is 6.07 Å². The van der Waals surface area contributed by atoms with Crippen LogP contribution in [0.4, 0.5) is 13.2 Å². The minimum atomic E-state index is -4.33. The van der Waals surface area contributed by atoms with Crippen LogP contribution in [-0.2, 0) is 4.74 Å². The highest BCUT2D eigenvalue weighted by atomic mass is 19.4. The molecule has 18 heavy (non-hydrogen) atoms. The van der Waals surface area contributed by atoms with Crippen molar-refractivity contribution >= 4 is 0 Å². The molecule has 0 bridgehead atoms. The van der Waals surface area contributed by atoms with Crippen molar-refractivity contribution in [3.05, 3.63) is 30.3 Å². The number of halogens is 3. The molecule has 0 aliphatic rings. The number of benzene rings is 1. The molecule has 0 saturated heterocycles. The van der Waals surface area contributed by atoms with E-state index >= 15 is 0 Å². The molecular weight excluding hydrogens is 249 g/mol. The van der Waals surface area contributed by atoms with E-state index in [1.54, 1.807) is 24.3 Å². The van der Waals surface area contributed by atoms with Crippen LogP contribution in [0.15, 0.2) is 30.3 Å². The summed E-state index contributed by atoms with van der Waals surface area (Å²) in [5, 5.41) is 9.45. The van der Waals surface area contributed by atoms with Crippen molar-refractivity contribution in [3.63, 3.8) is 0 Å². The van der Waals surface area contributed by atoms with E-state index in [0.717, 1.165) is 0 Å². The Kier molecular flexibility index (Phi) is 5.94. The Morgan fingerprint density at radius 3 is 2.44 bits per heavy atom. The van der Waals surface area contributed by atoms with Crippen LogP contribution < -0.4 is 4.74 Å². The molecule has 1 N–H and O–H groups in total. The average molecular weight is 264 g/mol. The third kappa shape index (κ3) is 7.13. The van der Waals surface area contributed by atoms with Gasteiger partial charge in [-0.25, -0.2) is 0 Å². The molecule has 0 radical (unpaired) electrons. The second-order valence-electron chi connectivity index (χ2n) is 3.73. The van der Waals surface area contributed by atoms with Gasteiger partial charge in [-0.15, -0.1) is 0 Å².